The van der Waals surface area contributed by atoms with E-state index in [1.54, 1.807) is 7.11 Å². The highest BCUT2D eigenvalue weighted by Gasteiger charge is 2.27. The molecule has 160 valence electrons. The van der Waals surface area contributed by atoms with Crippen molar-refractivity contribution < 1.29 is 28.4 Å². The van der Waals surface area contributed by atoms with Crippen LogP contribution in [0.4, 0.5) is 0 Å². The van der Waals surface area contributed by atoms with Gasteiger partial charge in [0.15, 0.2) is 0 Å². The SMILES string of the molecule is CCOC1CCCCC1OCCOCCOC1CCCCC1OCCOC. The molecule has 0 spiro atoms. The lowest BCUT2D eigenvalue weighted by Crippen LogP contribution is -2.36. The van der Waals surface area contributed by atoms with Crippen molar-refractivity contribution in [1.82, 2.24) is 0 Å². The highest BCUT2D eigenvalue weighted by molar-refractivity contribution is 4.77. The molecule has 6 heteroatoms. The average Bonchev–Trinajstić information content (AvgIpc) is 2.70. The van der Waals surface area contributed by atoms with Gasteiger partial charge in [-0.05, 0) is 32.6 Å². The van der Waals surface area contributed by atoms with Gasteiger partial charge in [0.25, 0.3) is 0 Å². The van der Waals surface area contributed by atoms with Crippen LogP contribution in [0.1, 0.15) is 58.3 Å². The molecule has 2 aliphatic rings. The van der Waals surface area contributed by atoms with Gasteiger partial charge in [0.1, 0.15) is 0 Å². The molecule has 0 amide bonds. The zero-order valence-electron chi connectivity index (χ0n) is 17.4. The zero-order valence-corrected chi connectivity index (χ0v) is 17.4. The maximum Gasteiger partial charge on any atom is 0.0837 e. The molecule has 2 saturated carbocycles. The fraction of sp³-hybridized carbons (Fsp3) is 1.00. The van der Waals surface area contributed by atoms with Gasteiger partial charge >= 0.3 is 0 Å². The van der Waals surface area contributed by atoms with Gasteiger partial charge in [0, 0.05) is 13.7 Å². The summed E-state index contributed by atoms with van der Waals surface area (Å²) in [6.07, 6.45) is 10.1. The smallest absolute Gasteiger partial charge is 0.0837 e. The molecular formula is C21H40O6. The molecule has 0 radical (unpaired) electrons. The van der Waals surface area contributed by atoms with Crippen LogP contribution in [-0.2, 0) is 28.4 Å². The number of methoxy groups -OCH3 is 1. The van der Waals surface area contributed by atoms with Gasteiger partial charge in [-0.3, -0.25) is 0 Å². The summed E-state index contributed by atoms with van der Waals surface area (Å²) in [6.45, 7) is 6.53. The van der Waals surface area contributed by atoms with Gasteiger partial charge in [-0.25, -0.2) is 0 Å². The Labute approximate surface area is 165 Å². The summed E-state index contributed by atoms with van der Waals surface area (Å²) < 4.78 is 34.5. The second-order valence-electron chi connectivity index (χ2n) is 7.40. The van der Waals surface area contributed by atoms with Crippen LogP contribution in [0, 0.1) is 0 Å². The number of rotatable bonds is 14. The molecule has 0 aromatic carbocycles. The Morgan fingerprint density at radius 3 is 1.37 bits per heavy atom. The fourth-order valence-electron chi connectivity index (χ4n) is 4.00. The standard InChI is InChI=1S/C21H40O6/c1-3-24-18-8-4-5-9-19(18)26-16-13-23-14-17-27-21-11-7-6-10-20(21)25-15-12-22-2/h18-21H,3-17H2,1-2H3. The predicted molar refractivity (Wildman–Crippen MR) is 104 cm³/mol. The maximum absolute atomic E-state index is 6.02. The Morgan fingerprint density at radius 1 is 0.556 bits per heavy atom. The summed E-state index contributed by atoms with van der Waals surface area (Å²) >= 11 is 0. The maximum atomic E-state index is 6.02. The van der Waals surface area contributed by atoms with Crippen LogP contribution in [0.3, 0.4) is 0 Å². The highest BCUT2D eigenvalue weighted by Crippen LogP contribution is 2.24. The lowest BCUT2D eigenvalue weighted by molar-refractivity contribution is -0.115. The van der Waals surface area contributed by atoms with Gasteiger partial charge in [0.2, 0.25) is 0 Å². The third-order valence-corrected chi connectivity index (χ3v) is 5.40. The van der Waals surface area contributed by atoms with Crippen LogP contribution in [-0.4, -0.2) is 77.8 Å². The van der Waals surface area contributed by atoms with E-state index in [9.17, 15) is 0 Å². The van der Waals surface area contributed by atoms with Gasteiger partial charge in [-0.15, -0.1) is 0 Å². The van der Waals surface area contributed by atoms with E-state index in [0.717, 1.165) is 32.3 Å². The predicted octanol–water partition coefficient (Wildman–Crippen LogP) is 3.36. The van der Waals surface area contributed by atoms with E-state index in [0.29, 0.717) is 39.6 Å². The van der Waals surface area contributed by atoms with Crippen molar-refractivity contribution in [3.8, 4) is 0 Å². The van der Waals surface area contributed by atoms with Crippen LogP contribution in [0.2, 0.25) is 0 Å². The van der Waals surface area contributed by atoms with Crippen molar-refractivity contribution >= 4 is 0 Å². The Kier molecular flexibility index (Phi) is 12.6. The Hall–Kier alpha value is -0.240. The van der Waals surface area contributed by atoms with Crippen LogP contribution >= 0.6 is 0 Å². The molecule has 0 heterocycles. The monoisotopic (exact) mass is 388 g/mol. The first-order chi connectivity index (χ1) is 13.3. The summed E-state index contributed by atoms with van der Waals surface area (Å²) in [5.74, 6) is 0. The fourth-order valence-corrected chi connectivity index (χ4v) is 4.00. The zero-order chi connectivity index (χ0) is 19.2. The minimum absolute atomic E-state index is 0.185. The molecule has 2 aliphatic carbocycles. The van der Waals surface area contributed by atoms with E-state index in [1.165, 1.54) is 25.7 Å². The van der Waals surface area contributed by atoms with Gasteiger partial charge < -0.3 is 28.4 Å². The van der Waals surface area contributed by atoms with Crippen LogP contribution in [0.25, 0.3) is 0 Å². The van der Waals surface area contributed by atoms with Crippen molar-refractivity contribution in [2.24, 2.45) is 0 Å². The van der Waals surface area contributed by atoms with Gasteiger partial charge in [0.05, 0.1) is 64.1 Å². The summed E-state index contributed by atoms with van der Waals surface area (Å²) in [5, 5.41) is 0. The molecule has 0 bridgehead atoms. The third-order valence-electron chi connectivity index (χ3n) is 5.40. The van der Waals surface area contributed by atoms with Crippen LogP contribution in [0.15, 0.2) is 0 Å². The van der Waals surface area contributed by atoms with Gasteiger partial charge in [-0.2, -0.15) is 0 Å². The van der Waals surface area contributed by atoms with Crippen molar-refractivity contribution in [2.45, 2.75) is 82.7 Å². The molecule has 27 heavy (non-hydrogen) atoms. The van der Waals surface area contributed by atoms with Crippen molar-refractivity contribution in [3.63, 3.8) is 0 Å². The molecule has 6 nitrogen and oxygen atoms in total. The van der Waals surface area contributed by atoms with E-state index < -0.39 is 0 Å². The van der Waals surface area contributed by atoms with Gasteiger partial charge in [-0.1, -0.05) is 25.7 Å². The Morgan fingerprint density at radius 2 is 0.963 bits per heavy atom. The number of hydrogen-bond acceptors (Lipinski definition) is 6. The molecule has 2 rings (SSSR count). The quantitative estimate of drug-likeness (QED) is 0.425. The minimum atomic E-state index is 0.185. The Balaban J connectivity index is 1.50. The number of ether oxygens (including phenoxy) is 6. The topological polar surface area (TPSA) is 55.4 Å². The van der Waals surface area contributed by atoms with Crippen molar-refractivity contribution in [2.75, 3.05) is 53.4 Å². The second kappa shape index (κ2) is 14.7. The molecule has 4 atom stereocenters. The third kappa shape index (κ3) is 9.20. The molecule has 0 aromatic rings. The summed E-state index contributed by atoms with van der Waals surface area (Å²) in [5.41, 5.74) is 0. The van der Waals surface area contributed by atoms with E-state index >= 15 is 0 Å². The van der Waals surface area contributed by atoms with E-state index in [-0.39, 0.29) is 24.4 Å². The van der Waals surface area contributed by atoms with Crippen LogP contribution in [0.5, 0.6) is 0 Å². The average molecular weight is 389 g/mol. The molecular weight excluding hydrogens is 348 g/mol. The first kappa shape index (κ1) is 23.0. The normalized spacial score (nSPS) is 29.1. The van der Waals surface area contributed by atoms with Crippen molar-refractivity contribution in [1.29, 1.82) is 0 Å². The minimum Gasteiger partial charge on any atom is -0.382 e. The van der Waals surface area contributed by atoms with Crippen LogP contribution < -0.4 is 0 Å². The molecule has 0 N–H and O–H groups in total. The molecule has 0 saturated heterocycles. The first-order valence-corrected chi connectivity index (χ1v) is 10.9. The largest absolute Gasteiger partial charge is 0.382 e. The summed E-state index contributed by atoms with van der Waals surface area (Å²) in [7, 11) is 1.70. The Bertz CT molecular complexity index is 352. The van der Waals surface area contributed by atoms with E-state index in [1.807, 2.05) is 6.92 Å². The molecule has 0 aromatic heterocycles. The molecule has 4 unspecified atom stereocenters. The van der Waals surface area contributed by atoms with Crippen molar-refractivity contribution in [3.05, 3.63) is 0 Å². The first-order valence-electron chi connectivity index (χ1n) is 10.9. The molecule has 0 aliphatic heterocycles. The molecule has 2 fully saturated rings. The summed E-state index contributed by atoms with van der Waals surface area (Å²) in [4.78, 5) is 0. The second-order valence-corrected chi connectivity index (χ2v) is 7.40. The number of hydrogen-bond donors (Lipinski definition) is 0. The van der Waals surface area contributed by atoms with E-state index in [4.69, 9.17) is 28.4 Å². The van der Waals surface area contributed by atoms with E-state index in [2.05, 4.69) is 0 Å². The lowest BCUT2D eigenvalue weighted by atomic mass is 9.94. The summed E-state index contributed by atoms with van der Waals surface area (Å²) in [6, 6.07) is 0. The lowest BCUT2D eigenvalue weighted by Gasteiger charge is -2.31. The highest BCUT2D eigenvalue weighted by atomic mass is 16.6.